The van der Waals surface area contributed by atoms with Crippen molar-refractivity contribution in [3.63, 3.8) is 0 Å². The van der Waals surface area contributed by atoms with E-state index in [1.54, 1.807) is 4.90 Å². The minimum Gasteiger partial charge on any atom is -0.356 e. The summed E-state index contributed by atoms with van der Waals surface area (Å²) in [5.41, 5.74) is 2.09. The van der Waals surface area contributed by atoms with Crippen LogP contribution in [0.1, 0.15) is 41.6 Å². The van der Waals surface area contributed by atoms with Crippen molar-refractivity contribution in [1.82, 2.24) is 19.9 Å². The average Bonchev–Trinajstić information content (AvgIpc) is 2.97. The molecule has 2 aromatic heterocycles. The number of nitrogens with zero attached hydrogens (tertiary/aromatic N) is 1. The molecule has 3 aromatic rings. The van der Waals surface area contributed by atoms with Crippen LogP contribution in [0.15, 0.2) is 39.9 Å². The lowest BCUT2D eigenvalue weighted by Gasteiger charge is -2.38. The summed E-state index contributed by atoms with van der Waals surface area (Å²) in [5.74, 6) is -0.170. The van der Waals surface area contributed by atoms with Gasteiger partial charge in [-0.1, -0.05) is 32.0 Å². The number of aromatic nitrogens is 3. The molecular weight excluding hydrogens is 332 g/mol. The van der Waals surface area contributed by atoms with E-state index in [0.29, 0.717) is 6.54 Å². The number of benzene rings is 1. The predicted molar refractivity (Wildman–Crippen MR) is 98.3 cm³/mol. The number of rotatable bonds is 2. The number of nitrogens with one attached hydrogen (secondary N) is 3. The number of hydrogen-bond acceptors (Lipinski definition) is 3. The monoisotopic (exact) mass is 352 g/mol. The second-order valence-electron chi connectivity index (χ2n) is 7.00. The number of carbonyl (C=O) groups excluding carboxylic acids is 1. The Hall–Kier alpha value is -3.09. The number of amides is 1. The first-order chi connectivity index (χ1) is 12.5. The highest BCUT2D eigenvalue weighted by molar-refractivity contribution is 5.93. The van der Waals surface area contributed by atoms with Gasteiger partial charge in [0.05, 0.1) is 6.04 Å². The first-order valence-corrected chi connectivity index (χ1v) is 8.70. The van der Waals surface area contributed by atoms with Crippen molar-refractivity contribution in [1.29, 1.82) is 0 Å². The fourth-order valence-electron chi connectivity index (χ4n) is 3.93. The maximum absolute atomic E-state index is 13.0. The maximum Gasteiger partial charge on any atom is 0.326 e. The summed E-state index contributed by atoms with van der Waals surface area (Å²) < 4.78 is 0. The van der Waals surface area contributed by atoms with Gasteiger partial charge in [-0.2, -0.15) is 0 Å². The second-order valence-corrected chi connectivity index (χ2v) is 7.00. The molecule has 0 radical (unpaired) electrons. The third-order valence-electron chi connectivity index (χ3n) is 4.96. The Morgan fingerprint density at radius 1 is 1.15 bits per heavy atom. The lowest BCUT2D eigenvalue weighted by molar-refractivity contribution is 0.0591. The molecule has 1 amide bonds. The smallest absolute Gasteiger partial charge is 0.326 e. The van der Waals surface area contributed by atoms with E-state index in [0.717, 1.165) is 23.7 Å². The summed E-state index contributed by atoms with van der Waals surface area (Å²) in [6.45, 7) is 4.66. The van der Waals surface area contributed by atoms with Crippen LogP contribution in [0.25, 0.3) is 10.9 Å². The minimum absolute atomic E-state index is 0.0176. The molecule has 0 fully saturated rings. The molecule has 3 heterocycles. The largest absolute Gasteiger partial charge is 0.356 e. The van der Waals surface area contributed by atoms with Crippen molar-refractivity contribution >= 4 is 16.8 Å². The van der Waals surface area contributed by atoms with Crippen LogP contribution in [-0.4, -0.2) is 32.3 Å². The van der Waals surface area contributed by atoms with Crippen LogP contribution in [0.4, 0.5) is 0 Å². The SMILES string of the molecule is CC(C)[C@@H]1c2[nH]c3ccccc3c2CCN1C(=O)c1cc(=O)[nH]c(=O)[nH]1. The molecule has 26 heavy (non-hydrogen) atoms. The summed E-state index contributed by atoms with van der Waals surface area (Å²) in [6, 6.07) is 9.11. The molecule has 0 saturated heterocycles. The highest BCUT2D eigenvalue weighted by Gasteiger charge is 2.35. The van der Waals surface area contributed by atoms with Crippen molar-refractivity contribution in [2.75, 3.05) is 6.54 Å². The average molecular weight is 352 g/mol. The lowest BCUT2D eigenvalue weighted by atomic mass is 9.90. The Morgan fingerprint density at radius 3 is 2.65 bits per heavy atom. The number of hydrogen-bond donors (Lipinski definition) is 3. The van der Waals surface area contributed by atoms with Crippen LogP contribution < -0.4 is 11.2 Å². The number of carbonyl (C=O) groups is 1. The lowest BCUT2D eigenvalue weighted by Crippen LogP contribution is -2.43. The van der Waals surface area contributed by atoms with Crippen LogP contribution in [0, 0.1) is 5.92 Å². The van der Waals surface area contributed by atoms with Crippen LogP contribution in [0.5, 0.6) is 0 Å². The van der Waals surface area contributed by atoms with Crippen molar-refractivity contribution < 1.29 is 4.79 Å². The van der Waals surface area contributed by atoms with Gasteiger partial charge in [0.25, 0.3) is 11.5 Å². The molecule has 7 heteroatoms. The van der Waals surface area contributed by atoms with Crippen molar-refractivity contribution in [3.05, 3.63) is 68.1 Å². The maximum atomic E-state index is 13.0. The van der Waals surface area contributed by atoms with Crippen molar-refractivity contribution in [3.8, 4) is 0 Å². The molecule has 3 N–H and O–H groups in total. The standard InChI is InChI=1S/C19H20N4O3/c1-10(2)17-16-12(11-5-3-4-6-13(11)20-16)7-8-23(17)18(25)14-9-15(24)22-19(26)21-14/h3-6,9-10,17,20H,7-8H2,1-2H3,(H2,21,22,24,26)/t17-/m1/s1. The van der Waals surface area contributed by atoms with E-state index >= 15 is 0 Å². The molecule has 0 bridgehead atoms. The molecule has 7 nitrogen and oxygen atoms in total. The van der Waals surface area contributed by atoms with Gasteiger partial charge in [0.15, 0.2) is 0 Å². The van der Waals surface area contributed by atoms with Crippen LogP contribution in [0.2, 0.25) is 0 Å². The highest BCUT2D eigenvalue weighted by atomic mass is 16.2. The Labute approximate surface area is 149 Å². The Kier molecular flexibility index (Phi) is 3.79. The summed E-state index contributed by atoms with van der Waals surface area (Å²) in [6.07, 6.45) is 0.724. The molecule has 1 aliphatic rings. The third kappa shape index (κ3) is 2.56. The van der Waals surface area contributed by atoms with Gasteiger partial charge in [-0.25, -0.2) is 4.79 Å². The van der Waals surface area contributed by atoms with Gasteiger partial charge in [-0.05, 0) is 24.0 Å². The third-order valence-corrected chi connectivity index (χ3v) is 4.96. The van der Waals surface area contributed by atoms with Gasteiger partial charge < -0.3 is 14.9 Å². The fraction of sp³-hybridized carbons (Fsp3) is 0.316. The molecule has 134 valence electrons. The van der Waals surface area contributed by atoms with Gasteiger partial charge in [-0.15, -0.1) is 0 Å². The minimum atomic E-state index is -0.676. The second kappa shape index (κ2) is 6.01. The Bertz CT molecular complexity index is 1080. The van der Waals surface area contributed by atoms with E-state index in [9.17, 15) is 14.4 Å². The Morgan fingerprint density at radius 2 is 1.92 bits per heavy atom. The van der Waals surface area contributed by atoms with E-state index in [4.69, 9.17) is 0 Å². The molecule has 1 aromatic carbocycles. The number of para-hydroxylation sites is 1. The van der Waals surface area contributed by atoms with Crippen LogP contribution in [-0.2, 0) is 6.42 Å². The summed E-state index contributed by atoms with van der Waals surface area (Å²) in [4.78, 5) is 45.9. The van der Waals surface area contributed by atoms with Crippen LogP contribution in [0.3, 0.4) is 0 Å². The normalized spacial score (nSPS) is 16.9. The van der Waals surface area contributed by atoms with E-state index in [1.165, 1.54) is 10.9 Å². The zero-order chi connectivity index (χ0) is 18.4. The summed E-state index contributed by atoms with van der Waals surface area (Å²) in [7, 11) is 0. The topological polar surface area (TPSA) is 102 Å². The van der Waals surface area contributed by atoms with Crippen LogP contribution >= 0.6 is 0 Å². The number of fused-ring (bicyclic) bond motifs is 3. The quantitative estimate of drug-likeness (QED) is 0.657. The molecule has 1 atom stereocenters. The predicted octanol–water partition coefficient (Wildman–Crippen LogP) is 1.94. The molecular formula is C19H20N4O3. The number of aromatic amines is 3. The zero-order valence-corrected chi connectivity index (χ0v) is 14.6. The van der Waals surface area contributed by atoms with Gasteiger partial charge in [0, 0.05) is 29.2 Å². The first-order valence-electron chi connectivity index (χ1n) is 8.70. The van der Waals surface area contributed by atoms with Crippen molar-refractivity contribution in [2.24, 2.45) is 5.92 Å². The zero-order valence-electron chi connectivity index (χ0n) is 14.6. The van der Waals surface area contributed by atoms with Gasteiger partial charge in [0.1, 0.15) is 5.69 Å². The highest BCUT2D eigenvalue weighted by Crippen LogP contribution is 2.38. The summed E-state index contributed by atoms with van der Waals surface area (Å²) >= 11 is 0. The fourth-order valence-corrected chi connectivity index (χ4v) is 3.93. The molecule has 0 aliphatic carbocycles. The van der Waals surface area contributed by atoms with Gasteiger partial charge >= 0.3 is 5.69 Å². The van der Waals surface area contributed by atoms with E-state index < -0.39 is 11.2 Å². The molecule has 0 spiro atoms. The van der Waals surface area contributed by atoms with Crippen molar-refractivity contribution in [2.45, 2.75) is 26.3 Å². The van der Waals surface area contributed by atoms with Gasteiger partial charge in [-0.3, -0.25) is 14.6 Å². The molecule has 0 unspecified atom stereocenters. The number of H-pyrrole nitrogens is 3. The van der Waals surface area contributed by atoms with E-state index in [1.807, 2.05) is 18.2 Å². The molecule has 1 aliphatic heterocycles. The molecule has 4 rings (SSSR count). The van der Waals surface area contributed by atoms with Gasteiger partial charge in [0.2, 0.25) is 0 Å². The molecule has 0 saturated carbocycles. The Balaban J connectivity index is 1.81. The van der Waals surface area contributed by atoms with E-state index in [-0.39, 0.29) is 23.6 Å². The van der Waals surface area contributed by atoms with E-state index in [2.05, 4.69) is 34.9 Å². The summed E-state index contributed by atoms with van der Waals surface area (Å²) in [5, 5.41) is 1.19. The first kappa shape index (κ1) is 16.4.